The second-order valence-corrected chi connectivity index (χ2v) is 7.35. The van der Waals surface area contributed by atoms with Crippen LogP contribution in [0.3, 0.4) is 0 Å². The smallest absolute Gasteiger partial charge is 0.226 e. The molecule has 1 amide bonds. The summed E-state index contributed by atoms with van der Waals surface area (Å²) in [7, 11) is 3.61. The first-order chi connectivity index (χ1) is 12.5. The predicted molar refractivity (Wildman–Crippen MR) is 109 cm³/mol. The predicted octanol–water partition coefficient (Wildman–Crippen LogP) is 4.41. The molecule has 0 bridgehead atoms. The SMILES string of the molecule is COc1cccc(N=C2SCC(CC(=O)Nc3ccc(Cl)cc3)N2C)c1. The molecule has 1 saturated heterocycles. The molecule has 1 aliphatic heterocycles. The lowest BCUT2D eigenvalue weighted by Gasteiger charge is -2.20. The Bertz CT molecular complexity index is 811. The van der Waals surface area contributed by atoms with Crippen molar-refractivity contribution in [2.75, 3.05) is 25.2 Å². The van der Waals surface area contributed by atoms with E-state index in [1.54, 1.807) is 43.1 Å². The highest BCUT2D eigenvalue weighted by atomic mass is 35.5. The summed E-state index contributed by atoms with van der Waals surface area (Å²) in [5.41, 5.74) is 1.59. The van der Waals surface area contributed by atoms with E-state index in [-0.39, 0.29) is 11.9 Å². The van der Waals surface area contributed by atoms with Crippen LogP contribution in [0.4, 0.5) is 11.4 Å². The molecule has 0 radical (unpaired) electrons. The van der Waals surface area contributed by atoms with E-state index < -0.39 is 0 Å². The minimum absolute atomic E-state index is 0.0209. The molecule has 1 unspecified atom stereocenters. The molecule has 26 heavy (non-hydrogen) atoms. The minimum atomic E-state index is -0.0209. The van der Waals surface area contributed by atoms with Crippen molar-refractivity contribution in [1.82, 2.24) is 4.90 Å². The Labute approximate surface area is 162 Å². The molecule has 3 rings (SSSR count). The van der Waals surface area contributed by atoms with Gasteiger partial charge >= 0.3 is 0 Å². The number of carbonyl (C=O) groups excluding carboxylic acids is 1. The number of amidine groups is 1. The van der Waals surface area contributed by atoms with Crippen LogP contribution in [-0.2, 0) is 4.79 Å². The Kier molecular flexibility index (Phi) is 6.06. The quantitative estimate of drug-likeness (QED) is 0.822. The van der Waals surface area contributed by atoms with Crippen molar-refractivity contribution in [3.63, 3.8) is 0 Å². The summed E-state index contributed by atoms with van der Waals surface area (Å²) in [5.74, 6) is 1.58. The average molecular weight is 390 g/mol. The first-order valence-corrected chi connectivity index (χ1v) is 9.55. The molecule has 2 aromatic rings. The van der Waals surface area contributed by atoms with Crippen LogP contribution in [0.15, 0.2) is 53.5 Å². The Morgan fingerprint density at radius 3 is 2.85 bits per heavy atom. The highest BCUT2D eigenvalue weighted by Gasteiger charge is 2.29. The highest BCUT2D eigenvalue weighted by Crippen LogP contribution is 2.29. The van der Waals surface area contributed by atoms with Gasteiger partial charge in [-0.05, 0) is 36.4 Å². The number of hydrogen-bond donors (Lipinski definition) is 1. The first-order valence-electron chi connectivity index (χ1n) is 8.19. The van der Waals surface area contributed by atoms with Crippen LogP contribution in [0.5, 0.6) is 5.75 Å². The topological polar surface area (TPSA) is 53.9 Å². The standard InChI is InChI=1S/C19H20ClN3O2S/c1-23-16(11-18(24)21-14-8-6-13(20)7-9-14)12-26-19(23)22-15-4-3-5-17(10-15)25-2/h3-10,16H,11-12H2,1-2H3,(H,21,24). The molecule has 0 aromatic heterocycles. The lowest BCUT2D eigenvalue weighted by Crippen LogP contribution is -2.33. The van der Waals surface area contributed by atoms with Crippen molar-refractivity contribution >= 4 is 45.8 Å². The lowest BCUT2D eigenvalue weighted by atomic mass is 10.2. The Balaban J connectivity index is 1.61. The number of halogens is 1. The summed E-state index contributed by atoms with van der Waals surface area (Å²) < 4.78 is 5.23. The van der Waals surface area contributed by atoms with Gasteiger partial charge in [-0.3, -0.25) is 4.79 Å². The maximum atomic E-state index is 12.3. The molecule has 7 heteroatoms. The fraction of sp³-hybridized carbons (Fsp3) is 0.263. The molecule has 0 spiro atoms. The zero-order valence-electron chi connectivity index (χ0n) is 14.6. The molecule has 0 saturated carbocycles. The molecule has 1 atom stereocenters. The number of rotatable bonds is 5. The van der Waals surface area contributed by atoms with Gasteiger partial charge < -0.3 is 15.0 Å². The van der Waals surface area contributed by atoms with Crippen molar-refractivity contribution in [3.8, 4) is 5.75 Å². The number of methoxy groups -OCH3 is 1. The summed E-state index contributed by atoms with van der Waals surface area (Å²) in [6, 6.07) is 14.8. The van der Waals surface area contributed by atoms with E-state index in [0.29, 0.717) is 11.4 Å². The zero-order valence-corrected chi connectivity index (χ0v) is 16.2. The van der Waals surface area contributed by atoms with Crippen LogP contribution in [0.2, 0.25) is 5.02 Å². The third kappa shape index (κ3) is 4.71. The molecule has 136 valence electrons. The van der Waals surface area contributed by atoms with E-state index in [9.17, 15) is 4.79 Å². The van der Waals surface area contributed by atoms with Gasteiger partial charge in [-0.1, -0.05) is 29.4 Å². The van der Waals surface area contributed by atoms with E-state index in [0.717, 1.165) is 28.0 Å². The van der Waals surface area contributed by atoms with Crippen LogP contribution in [-0.4, -0.2) is 41.9 Å². The van der Waals surface area contributed by atoms with E-state index in [4.69, 9.17) is 16.3 Å². The monoisotopic (exact) mass is 389 g/mol. The van der Waals surface area contributed by atoms with Crippen molar-refractivity contribution in [3.05, 3.63) is 53.6 Å². The fourth-order valence-corrected chi connectivity index (χ4v) is 3.93. The largest absolute Gasteiger partial charge is 0.497 e. The summed E-state index contributed by atoms with van der Waals surface area (Å²) in [4.78, 5) is 19.1. The number of anilines is 1. The Morgan fingerprint density at radius 1 is 1.35 bits per heavy atom. The van der Waals surface area contributed by atoms with Crippen LogP contribution < -0.4 is 10.1 Å². The minimum Gasteiger partial charge on any atom is -0.497 e. The highest BCUT2D eigenvalue weighted by molar-refractivity contribution is 8.14. The molecule has 2 aromatic carbocycles. The van der Waals surface area contributed by atoms with Gasteiger partial charge in [0.1, 0.15) is 5.75 Å². The van der Waals surface area contributed by atoms with Crippen molar-refractivity contribution in [2.24, 2.45) is 4.99 Å². The van der Waals surface area contributed by atoms with Gasteiger partial charge in [-0.15, -0.1) is 0 Å². The summed E-state index contributed by atoms with van der Waals surface area (Å²) in [6.07, 6.45) is 0.406. The zero-order chi connectivity index (χ0) is 18.5. The number of nitrogens with zero attached hydrogens (tertiary/aromatic N) is 2. The Hall–Kier alpha value is -2.18. The molecule has 1 aliphatic rings. The van der Waals surface area contributed by atoms with Crippen molar-refractivity contribution in [2.45, 2.75) is 12.5 Å². The molecule has 1 fully saturated rings. The molecular formula is C19H20ClN3O2S. The number of ether oxygens (including phenoxy) is 1. The van der Waals surface area contributed by atoms with Gasteiger partial charge in [0.15, 0.2) is 5.17 Å². The van der Waals surface area contributed by atoms with Gasteiger partial charge in [-0.2, -0.15) is 0 Å². The fourth-order valence-electron chi connectivity index (χ4n) is 2.60. The second kappa shape index (κ2) is 8.47. The number of hydrogen-bond acceptors (Lipinski definition) is 4. The first kappa shape index (κ1) is 18.6. The summed E-state index contributed by atoms with van der Waals surface area (Å²) >= 11 is 7.52. The number of benzene rings is 2. The van der Waals surface area contributed by atoms with Crippen LogP contribution in [0.1, 0.15) is 6.42 Å². The van der Waals surface area contributed by atoms with E-state index in [1.165, 1.54) is 0 Å². The molecule has 0 aliphatic carbocycles. The molecule has 5 nitrogen and oxygen atoms in total. The molecular weight excluding hydrogens is 370 g/mol. The van der Waals surface area contributed by atoms with E-state index >= 15 is 0 Å². The normalized spacial score (nSPS) is 18.2. The van der Waals surface area contributed by atoms with Gasteiger partial charge in [0, 0.05) is 42.0 Å². The number of thioether (sulfide) groups is 1. The van der Waals surface area contributed by atoms with Crippen LogP contribution in [0, 0.1) is 0 Å². The summed E-state index contributed by atoms with van der Waals surface area (Å²) in [6.45, 7) is 0. The number of carbonyl (C=O) groups is 1. The summed E-state index contributed by atoms with van der Waals surface area (Å²) in [5, 5.41) is 4.46. The van der Waals surface area contributed by atoms with E-state index in [2.05, 4.69) is 15.2 Å². The molecule has 1 heterocycles. The maximum Gasteiger partial charge on any atom is 0.226 e. The number of nitrogens with one attached hydrogen (secondary N) is 1. The van der Waals surface area contributed by atoms with Gasteiger partial charge in [0.25, 0.3) is 0 Å². The third-order valence-electron chi connectivity index (χ3n) is 4.08. The van der Waals surface area contributed by atoms with Gasteiger partial charge in [0.05, 0.1) is 12.8 Å². The number of amides is 1. The van der Waals surface area contributed by atoms with Crippen molar-refractivity contribution in [1.29, 1.82) is 0 Å². The van der Waals surface area contributed by atoms with Crippen LogP contribution >= 0.6 is 23.4 Å². The lowest BCUT2D eigenvalue weighted by molar-refractivity contribution is -0.116. The Morgan fingerprint density at radius 2 is 2.12 bits per heavy atom. The third-order valence-corrected chi connectivity index (χ3v) is 5.52. The van der Waals surface area contributed by atoms with E-state index in [1.807, 2.05) is 31.3 Å². The van der Waals surface area contributed by atoms with Crippen molar-refractivity contribution < 1.29 is 9.53 Å². The number of aliphatic imine (C=N–C) groups is 1. The average Bonchev–Trinajstić information content (AvgIpc) is 2.97. The van der Waals surface area contributed by atoms with Gasteiger partial charge in [-0.25, -0.2) is 4.99 Å². The maximum absolute atomic E-state index is 12.3. The second-order valence-electron chi connectivity index (χ2n) is 5.93. The van der Waals surface area contributed by atoms with Gasteiger partial charge in [0.2, 0.25) is 5.91 Å². The van der Waals surface area contributed by atoms with Crippen LogP contribution in [0.25, 0.3) is 0 Å². The molecule has 1 N–H and O–H groups in total.